The van der Waals surface area contributed by atoms with Crippen LogP contribution in [0.1, 0.15) is 49.7 Å². The maximum atomic E-state index is 11.5. The van der Waals surface area contributed by atoms with Gasteiger partial charge in [-0.1, -0.05) is 38.2 Å². The average molecular weight is 287 g/mol. The highest BCUT2D eigenvalue weighted by atomic mass is 16.4. The summed E-state index contributed by atoms with van der Waals surface area (Å²) < 4.78 is 1.45. The van der Waals surface area contributed by atoms with Crippen molar-refractivity contribution in [2.24, 2.45) is 4.99 Å². The van der Waals surface area contributed by atoms with Gasteiger partial charge in [-0.2, -0.15) is 5.10 Å². The molecule has 2 rings (SSSR count). The van der Waals surface area contributed by atoms with Crippen LogP contribution >= 0.6 is 0 Å². The van der Waals surface area contributed by atoms with E-state index in [1.54, 1.807) is 12.3 Å². The molecule has 1 aliphatic carbocycles. The lowest BCUT2D eigenvalue weighted by Gasteiger charge is -2.06. The molecule has 1 N–H and O–H groups in total. The molecule has 21 heavy (non-hydrogen) atoms. The van der Waals surface area contributed by atoms with Crippen molar-refractivity contribution in [1.29, 1.82) is 0 Å². The first-order valence-electron chi connectivity index (χ1n) is 7.00. The molecule has 0 bridgehead atoms. The molecule has 0 amide bonds. The standard InChI is InChI=1S/C14H15N3O2.C2H6/c1-3-9-17-13(15-2)11(14(18)19)12(16-17)10-7-5-4-6-8-10;1-2/h3-5,7,9H,2,6,8H2,1H3,(H,18,19);1-2H3. The number of hydrogen-bond acceptors (Lipinski definition) is 3. The Balaban J connectivity index is 0.00000106. The molecule has 5 heteroatoms. The summed E-state index contributed by atoms with van der Waals surface area (Å²) >= 11 is 0. The van der Waals surface area contributed by atoms with Crippen LogP contribution in [0.15, 0.2) is 29.3 Å². The minimum Gasteiger partial charge on any atom is -0.477 e. The summed E-state index contributed by atoms with van der Waals surface area (Å²) in [5.41, 5.74) is 1.49. The van der Waals surface area contributed by atoms with E-state index in [2.05, 4.69) is 16.8 Å². The fraction of sp³-hybridized carbons (Fsp3) is 0.312. The Labute approximate surface area is 125 Å². The highest BCUT2D eigenvalue weighted by molar-refractivity contribution is 5.98. The van der Waals surface area contributed by atoms with Gasteiger partial charge in [0.2, 0.25) is 0 Å². The molecular weight excluding hydrogens is 266 g/mol. The van der Waals surface area contributed by atoms with Crippen molar-refractivity contribution in [1.82, 2.24) is 9.78 Å². The van der Waals surface area contributed by atoms with Crippen LogP contribution in [0.5, 0.6) is 0 Å². The maximum absolute atomic E-state index is 11.5. The van der Waals surface area contributed by atoms with E-state index in [0.717, 1.165) is 18.4 Å². The highest BCUT2D eigenvalue weighted by Crippen LogP contribution is 2.31. The van der Waals surface area contributed by atoms with Gasteiger partial charge in [0.15, 0.2) is 5.82 Å². The molecule has 112 valence electrons. The monoisotopic (exact) mass is 287 g/mol. The van der Waals surface area contributed by atoms with E-state index >= 15 is 0 Å². The van der Waals surface area contributed by atoms with Gasteiger partial charge in [-0.3, -0.25) is 0 Å². The lowest BCUT2D eigenvalue weighted by Crippen LogP contribution is -2.01. The number of allylic oxidation sites excluding steroid dienone is 5. The topological polar surface area (TPSA) is 67.5 Å². The van der Waals surface area contributed by atoms with Crippen molar-refractivity contribution >= 4 is 30.3 Å². The molecule has 0 spiro atoms. The predicted octanol–water partition coefficient (Wildman–Crippen LogP) is 4.16. The van der Waals surface area contributed by atoms with Gasteiger partial charge in [0, 0.05) is 6.20 Å². The van der Waals surface area contributed by atoms with Gasteiger partial charge in [-0.05, 0) is 32.1 Å². The summed E-state index contributed by atoms with van der Waals surface area (Å²) in [5.74, 6) is -0.778. The van der Waals surface area contributed by atoms with Crippen molar-refractivity contribution in [3.05, 3.63) is 35.6 Å². The van der Waals surface area contributed by atoms with Crippen LogP contribution in [0, 0.1) is 0 Å². The zero-order valence-corrected chi connectivity index (χ0v) is 12.7. The van der Waals surface area contributed by atoms with E-state index in [1.807, 2.05) is 39.0 Å². The number of carbonyl (C=O) groups is 1. The SMILES string of the molecule is C=Nc1c(C(=O)O)c(C2=CC=CCC2)nn1C=CC.CC. The Kier molecular flexibility index (Phi) is 6.33. The fourth-order valence-electron chi connectivity index (χ4n) is 2.04. The zero-order chi connectivity index (χ0) is 15.8. The van der Waals surface area contributed by atoms with Crippen LogP contribution in [0.25, 0.3) is 11.8 Å². The number of aromatic carboxylic acids is 1. The molecule has 0 unspecified atom stereocenters. The third-order valence-electron chi connectivity index (χ3n) is 2.86. The van der Waals surface area contributed by atoms with Gasteiger partial charge >= 0.3 is 5.97 Å². The number of carboxylic acid groups (broad SMARTS) is 1. The largest absolute Gasteiger partial charge is 0.477 e. The van der Waals surface area contributed by atoms with Crippen molar-refractivity contribution in [2.75, 3.05) is 0 Å². The third-order valence-corrected chi connectivity index (χ3v) is 2.86. The summed E-state index contributed by atoms with van der Waals surface area (Å²) in [5, 5.41) is 13.7. The fourth-order valence-corrected chi connectivity index (χ4v) is 2.04. The lowest BCUT2D eigenvalue weighted by molar-refractivity contribution is 0.0697. The molecule has 1 aromatic heterocycles. The normalized spacial score (nSPS) is 13.6. The van der Waals surface area contributed by atoms with E-state index in [4.69, 9.17) is 0 Å². The first-order valence-corrected chi connectivity index (χ1v) is 7.00. The van der Waals surface area contributed by atoms with Crippen LogP contribution in [-0.4, -0.2) is 27.6 Å². The second-order valence-electron chi connectivity index (χ2n) is 4.10. The van der Waals surface area contributed by atoms with Crippen molar-refractivity contribution in [3.63, 3.8) is 0 Å². The minimum atomic E-state index is -1.04. The number of rotatable bonds is 4. The molecule has 1 aromatic rings. The summed E-state index contributed by atoms with van der Waals surface area (Å²) in [4.78, 5) is 15.3. The van der Waals surface area contributed by atoms with E-state index in [1.165, 1.54) is 4.68 Å². The maximum Gasteiger partial charge on any atom is 0.341 e. The Morgan fingerprint density at radius 1 is 1.52 bits per heavy atom. The number of aliphatic imine (C=N–C) groups is 1. The molecule has 5 nitrogen and oxygen atoms in total. The summed E-state index contributed by atoms with van der Waals surface area (Å²) in [6, 6.07) is 0. The average Bonchev–Trinajstić information content (AvgIpc) is 2.89. The lowest BCUT2D eigenvalue weighted by atomic mass is 9.99. The van der Waals surface area contributed by atoms with Crippen LogP contribution in [0.4, 0.5) is 5.82 Å². The number of aromatic nitrogens is 2. The van der Waals surface area contributed by atoms with Gasteiger partial charge in [-0.15, -0.1) is 0 Å². The van der Waals surface area contributed by atoms with Crippen molar-refractivity contribution in [3.8, 4) is 0 Å². The highest BCUT2D eigenvalue weighted by Gasteiger charge is 2.24. The smallest absolute Gasteiger partial charge is 0.341 e. The summed E-state index contributed by atoms with van der Waals surface area (Å²) in [7, 11) is 0. The number of nitrogens with zero attached hydrogens (tertiary/aromatic N) is 3. The van der Waals surface area contributed by atoms with Crippen LogP contribution in [-0.2, 0) is 0 Å². The van der Waals surface area contributed by atoms with Gasteiger partial charge < -0.3 is 5.11 Å². The summed E-state index contributed by atoms with van der Waals surface area (Å²) in [6.45, 7) is 9.26. The first kappa shape index (κ1) is 16.6. The zero-order valence-electron chi connectivity index (χ0n) is 12.7. The molecule has 0 aliphatic heterocycles. The molecule has 1 aliphatic rings. The second-order valence-corrected chi connectivity index (χ2v) is 4.10. The summed E-state index contributed by atoms with van der Waals surface area (Å²) in [6.07, 6.45) is 11.0. The Bertz CT molecular complexity index is 607. The van der Waals surface area contributed by atoms with Gasteiger partial charge in [-0.25, -0.2) is 14.5 Å². The number of hydrogen-bond donors (Lipinski definition) is 1. The predicted molar refractivity (Wildman–Crippen MR) is 87.1 cm³/mol. The van der Waals surface area contributed by atoms with E-state index in [9.17, 15) is 9.90 Å². The molecule has 0 radical (unpaired) electrons. The molecule has 0 saturated carbocycles. The number of carboxylic acids is 1. The Morgan fingerprint density at radius 2 is 2.24 bits per heavy atom. The molecule has 0 aromatic carbocycles. The quantitative estimate of drug-likeness (QED) is 0.845. The van der Waals surface area contributed by atoms with Crippen molar-refractivity contribution < 1.29 is 9.90 Å². The third kappa shape index (κ3) is 3.56. The Hall–Kier alpha value is -2.43. The molecule has 0 atom stereocenters. The van der Waals surface area contributed by atoms with Crippen molar-refractivity contribution in [2.45, 2.75) is 33.6 Å². The second kappa shape index (κ2) is 7.99. The van der Waals surface area contributed by atoms with E-state index in [-0.39, 0.29) is 11.4 Å². The molecule has 0 saturated heterocycles. The minimum absolute atomic E-state index is 0.106. The van der Waals surface area contributed by atoms with E-state index < -0.39 is 5.97 Å². The van der Waals surface area contributed by atoms with Crippen LogP contribution in [0.2, 0.25) is 0 Å². The van der Waals surface area contributed by atoms with Gasteiger partial charge in [0.05, 0.1) is 0 Å². The molecular formula is C16H21N3O2. The van der Waals surface area contributed by atoms with Crippen LogP contribution in [0.3, 0.4) is 0 Å². The van der Waals surface area contributed by atoms with E-state index in [0.29, 0.717) is 5.69 Å². The van der Waals surface area contributed by atoms with Gasteiger partial charge in [0.1, 0.15) is 11.3 Å². The van der Waals surface area contributed by atoms with Crippen LogP contribution < -0.4 is 0 Å². The Morgan fingerprint density at radius 3 is 2.71 bits per heavy atom. The molecule has 1 heterocycles. The van der Waals surface area contributed by atoms with Gasteiger partial charge in [0.25, 0.3) is 0 Å². The first-order chi connectivity index (χ1) is 10.2. The molecule has 0 fully saturated rings.